The minimum atomic E-state index is 0.0112. The lowest BCUT2D eigenvalue weighted by molar-refractivity contribution is 0.231. The molecule has 0 unspecified atom stereocenters. The molecule has 0 aromatic heterocycles. The van der Waals surface area contributed by atoms with E-state index in [4.69, 9.17) is 4.74 Å². The van der Waals surface area contributed by atoms with Crippen LogP contribution in [0.2, 0.25) is 0 Å². The van der Waals surface area contributed by atoms with Gasteiger partial charge in [0.25, 0.3) is 0 Å². The number of hydrogen-bond donors (Lipinski definition) is 0. The smallest absolute Gasteiger partial charge is 0.216 e. The summed E-state index contributed by atoms with van der Waals surface area (Å²) in [6.07, 6.45) is 0.988. The maximum Gasteiger partial charge on any atom is 0.216 e. The van der Waals surface area contributed by atoms with E-state index in [-0.39, 0.29) is 5.54 Å². The van der Waals surface area contributed by atoms with Crippen LogP contribution in [0.1, 0.15) is 31.4 Å². The summed E-state index contributed by atoms with van der Waals surface area (Å²) in [6, 6.07) is 8.28. The molecule has 0 saturated carbocycles. The molecule has 0 N–H and O–H groups in total. The van der Waals surface area contributed by atoms with Crippen molar-refractivity contribution in [2.75, 3.05) is 6.61 Å². The van der Waals surface area contributed by atoms with Gasteiger partial charge < -0.3 is 4.74 Å². The monoisotopic (exact) mass is 203 g/mol. The molecule has 0 spiro atoms. The molecule has 0 atom stereocenters. The highest BCUT2D eigenvalue weighted by atomic mass is 16.5. The van der Waals surface area contributed by atoms with Gasteiger partial charge >= 0.3 is 0 Å². The van der Waals surface area contributed by atoms with Gasteiger partial charge in [0.05, 0.1) is 12.1 Å². The summed E-state index contributed by atoms with van der Waals surface area (Å²) < 4.78 is 5.60. The molecule has 80 valence electrons. The zero-order valence-electron chi connectivity index (χ0n) is 9.58. The second-order valence-electron chi connectivity index (χ2n) is 4.70. The van der Waals surface area contributed by atoms with Crippen molar-refractivity contribution < 1.29 is 4.74 Å². The molecule has 1 aromatic rings. The van der Waals surface area contributed by atoms with Crippen LogP contribution in [0.3, 0.4) is 0 Å². The van der Waals surface area contributed by atoms with E-state index in [0.717, 1.165) is 24.5 Å². The Hall–Kier alpha value is -1.31. The Morgan fingerprint density at radius 1 is 1.33 bits per heavy atom. The van der Waals surface area contributed by atoms with Crippen LogP contribution in [0, 0.1) is 6.92 Å². The van der Waals surface area contributed by atoms with Crippen LogP contribution in [-0.4, -0.2) is 18.0 Å². The number of benzene rings is 1. The quantitative estimate of drug-likeness (QED) is 0.687. The third-order valence-corrected chi connectivity index (χ3v) is 2.62. The van der Waals surface area contributed by atoms with Crippen molar-refractivity contribution in [3.63, 3.8) is 0 Å². The van der Waals surface area contributed by atoms with Crippen molar-refractivity contribution in [3.05, 3.63) is 35.4 Å². The number of aliphatic imine (C=N–C) groups is 1. The summed E-state index contributed by atoms with van der Waals surface area (Å²) in [6.45, 7) is 7.13. The summed E-state index contributed by atoms with van der Waals surface area (Å²) in [5, 5.41) is 0. The Morgan fingerprint density at radius 3 is 2.80 bits per heavy atom. The van der Waals surface area contributed by atoms with Crippen LogP contribution in [-0.2, 0) is 4.74 Å². The van der Waals surface area contributed by atoms with Crippen LogP contribution in [0.5, 0.6) is 0 Å². The maximum atomic E-state index is 5.60. The molecule has 2 nitrogen and oxygen atoms in total. The number of rotatable bonds is 1. The summed E-state index contributed by atoms with van der Waals surface area (Å²) in [5.74, 6) is 0.787. The average molecular weight is 203 g/mol. The van der Waals surface area contributed by atoms with E-state index in [1.807, 2.05) is 12.1 Å². The number of nitrogens with zero attached hydrogens (tertiary/aromatic N) is 1. The zero-order chi connectivity index (χ0) is 10.9. The Balaban J connectivity index is 2.35. The van der Waals surface area contributed by atoms with E-state index in [1.54, 1.807) is 0 Å². The minimum Gasteiger partial charge on any atom is -0.477 e. The van der Waals surface area contributed by atoms with Gasteiger partial charge in [0.2, 0.25) is 5.90 Å². The minimum absolute atomic E-state index is 0.0112. The van der Waals surface area contributed by atoms with Gasteiger partial charge in [-0.25, -0.2) is 4.99 Å². The molecule has 1 heterocycles. The van der Waals surface area contributed by atoms with Gasteiger partial charge in [-0.15, -0.1) is 0 Å². The molecule has 0 fully saturated rings. The fourth-order valence-corrected chi connectivity index (χ4v) is 1.69. The normalized spacial score (nSPS) is 19.3. The molecule has 2 heteroatoms. The molecule has 1 aromatic carbocycles. The van der Waals surface area contributed by atoms with E-state index < -0.39 is 0 Å². The summed E-state index contributed by atoms with van der Waals surface area (Å²) >= 11 is 0. The van der Waals surface area contributed by atoms with Crippen molar-refractivity contribution in [2.45, 2.75) is 32.7 Å². The second kappa shape index (κ2) is 3.69. The first-order valence-corrected chi connectivity index (χ1v) is 5.36. The molecule has 1 aliphatic heterocycles. The van der Waals surface area contributed by atoms with Gasteiger partial charge in [-0.05, 0) is 32.9 Å². The van der Waals surface area contributed by atoms with Gasteiger partial charge in [0.1, 0.15) is 0 Å². The molecule has 0 amide bonds. The number of hydrogen-bond acceptors (Lipinski definition) is 2. The van der Waals surface area contributed by atoms with Crippen molar-refractivity contribution >= 4 is 5.90 Å². The molecule has 2 rings (SSSR count). The Labute approximate surface area is 91.0 Å². The lowest BCUT2D eigenvalue weighted by Gasteiger charge is -2.27. The van der Waals surface area contributed by atoms with Crippen molar-refractivity contribution in [1.82, 2.24) is 0 Å². The highest BCUT2D eigenvalue weighted by Crippen LogP contribution is 2.21. The van der Waals surface area contributed by atoms with E-state index in [1.165, 1.54) is 5.56 Å². The predicted octanol–water partition coefficient (Wildman–Crippen LogP) is 2.94. The van der Waals surface area contributed by atoms with Gasteiger partial charge in [0, 0.05) is 12.0 Å². The first-order valence-electron chi connectivity index (χ1n) is 5.36. The molecule has 1 aliphatic rings. The van der Waals surface area contributed by atoms with E-state index in [9.17, 15) is 0 Å². The summed E-state index contributed by atoms with van der Waals surface area (Å²) in [7, 11) is 0. The topological polar surface area (TPSA) is 21.6 Å². The average Bonchev–Trinajstić information content (AvgIpc) is 2.16. The largest absolute Gasteiger partial charge is 0.477 e. The molecule has 0 bridgehead atoms. The third-order valence-electron chi connectivity index (χ3n) is 2.62. The predicted molar refractivity (Wildman–Crippen MR) is 62.4 cm³/mol. The van der Waals surface area contributed by atoms with E-state index in [0.29, 0.717) is 0 Å². The summed E-state index contributed by atoms with van der Waals surface area (Å²) in [5.41, 5.74) is 2.34. The fourth-order valence-electron chi connectivity index (χ4n) is 1.69. The molecule has 15 heavy (non-hydrogen) atoms. The molecular formula is C13H17NO. The Kier molecular flexibility index (Phi) is 2.51. The maximum absolute atomic E-state index is 5.60. The van der Waals surface area contributed by atoms with Crippen molar-refractivity contribution in [1.29, 1.82) is 0 Å². The SMILES string of the molecule is Cc1cccc(C2=NC(C)(C)CCO2)c1. The third kappa shape index (κ3) is 2.38. The van der Waals surface area contributed by atoms with Gasteiger partial charge in [-0.1, -0.05) is 17.7 Å². The van der Waals surface area contributed by atoms with Crippen LogP contribution in [0.15, 0.2) is 29.3 Å². The highest BCUT2D eigenvalue weighted by molar-refractivity contribution is 5.94. The van der Waals surface area contributed by atoms with Crippen LogP contribution in [0.4, 0.5) is 0 Å². The first kappa shape index (κ1) is 10.2. The highest BCUT2D eigenvalue weighted by Gasteiger charge is 2.23. The number of ether oxygens (including phenoxy) is 1. The number of aryl methyl sites for hydroxylation is 1. The van der Waals surface area contributed by atoms with E-state index >= 15 is 0 Å². The molecule has 0 radical (unpaired) electrons. The molecule has 0 aliphatic carbocycles. The standard InChI is InChI=1S/C13H17NO/c1-10-5-4-6-11(9-10)12-14-13(2,3)7-8-15-12/h4-6,9H,7-8H2,1-3H3. The van der Waals surface area contributed by atoms with Gasteiger partial charge in [0.15, 0.2) is 0 Å². The Morgan fingerprint density at radius 2 is 2.13 bits per heavy atom. The van der Waals surface area contributed by atoms with E-state index in [2.05, 4.69) is 37.9 Å². The van der Waals surface area contributed by atoms with Crippen LogP contribution < -0.4 is 0 Å². The lowest BCUT2D eigenvalue weighted by Crippen LogP contribution is -2.29. The van der Waals surface area contributed by atoms with Crippen LogP contribution >= 0.6 is 0 Å². The van der Waals surface area contributed by atoms with Crippen molar-refractivity contribution in [2.24, 2.45) is 4.99 Å². The van der Waals surface area contributed by atoms with Gasteiger partial charge in [-0.3, -0.25) is 0 Å². The molecular weight excluding hydrogens is 186 g/mol. The van der Waals surface area contributed by atoms with Gasteiger partial charge in [-0.2, -0.15) is 0 Å². The Bertz CT molecular complexity index is 393. The second-order valence-corrected chi connectivity index (χ2v) is 4.70. The van der Waals surface area contributed by atoms with Crippen molar-refractivity contribution in [3.8, 4) is 0 Å². The van der Waals surface area contributed by atoms with Crippen LogP contribution in [0.25, 0.3) is 0 Å². The first-order chi connectivity index (χ1) is 7.07. The molecule has 0 saturated heterocycles. The zero-order valence-corrected chi connectivity index (χ0v) is 9.58. The lowest BCUT2D eigenvalue weighted by atomic mass is 10.0. The summed E-state index contributed by atoms with van der Waals surface area (Å²) in [4.78, 5) is 4.62. The fraction of sp³-hybridized carbons (Fsp3) is 0.462.